The molecule has 0 spiro atoms. The van der Waals surface area contributed by atoms with Crippen molar-refractivity contribution >= 4 is 51.9 Å². The Kier molecular flexibility index (Phi) is 7.50. The van der Waals surface area contributed by atoms with Crippen molar-refractivity contribution in [3.8, 4) is 12.3 Å². The SMILES string of the molecule is C#CC(Cn1cnc2c(N)nc(Cl)nc21)C(COC(Cc1cccs1)(C(=O)O)C(=O)O)OC. The molecule has 0 bridgehead atoms. The van der Waals surface area contributed by atoms with E-state index in [0.29, 0.717) is 16.0 Å². The number of carbonyl (C=O) groups is 2. The topological polar surface area (TPSA) is 163 Å². The standard InChI is InChI=1S/C20H20ClN5O6S/c1-3-11(8-26-10-23-14-15(22)24-19(21)25-16(14)26)13(31-2)9-32-20(17(27)28,18(29)30)7-12-5-4-6-33-12/h1,4-6,10-11,13H,7-9H2,2H3,(H,27,28)(H,29,30)(H2,22,24,25). The Balaban J connectivity index is 1.82. The minimum absolute atomic E-state index is 0.0630. The monoisotopic (exact) mass is 493 g/mol. The second-order valence-electron chi connectivity index (χ2n) is 7.00. The molecular formula is C20H20ClN5O6S. The first-order valence-electron chi connectivity index (χ1n) is 9.47. The molecule has 3 heterocycles. The molecule has 3 aromatic heterocycles. The average molecular weight is 494 g/mol. The fraction of sp³-hybridized carbons (Fsp3) is 0.350. The van der Waals surface area contributed by atoms with Crippen LogP contribution in [0.4, 0.5) is 5.82 Å². The zero-order valence-electron chi connectivity index (χ0n) is 17.3. The molecule has 11 nitrogen and oxygen atoms in total. The van der Waals surface area contributed by atoms with Gasteiger partial charge >= 0.3 is 11.9 Å². The summed E-state index contributed by atoms with van der Waals surface area (Å²) >= 11 is 7.12. The van der Waals surface area contributed by atoms with Gasteiger partial charge in [0.25, 0.3) is 5.60 Å². The molecule has 3 rings (SSSR count). The first-order chi connectivity index (χ1) is 15.7. The van der Waals surface area contributed by atoms with Crippen LogP contribution >= 0.6 is 22.9 Å². The molecule has 3 aromatic rings. The lowest BCUT2D eigenvalue weighted by atomic mass is 9.97. The number of hydrogen-bond donors (Lipinski definition) is 3. The molecule has 0 fully saturated rings. The Morgan fingerprint density at radius 2 is 2.12 bits per heavy atom. The minimum Gasteiger partial charge on any atom is -0.479 e. The minimum atomic E-state index is -2.50. The third kappa shape index (κ3) is 5.07. The number of carboxylic acid groups (broad SMARTS) is 2. The van der Waals surface area contributed by atoms with E-state index < -0.39 is 29.6 Å². The van der Waals surface area contributed by atoms with Gasteiger partial charge in [0.2, 0.25) is 5.28 Å². The van der Waals surface area contributed by atoms with E-state index in [1.165, 1.54) is 24.8 Å². The van der Waals surface area contributed by atoms with Gasteiger partial charge in [0.05, 0.1) is 25.0 Å². The van der Waals surface area contributed by atoms with Crippen molar-refractivity contribution in [2.75, 3.05) is 19.5 Å². The van der Waals surface area contributed by atoms with Crippen molar-refractivity contribution in [1.29, 1.82) is 0 Å². The van der Waals surface area contributed by atoms with Gasteiger partial charge in [0.1, 0.15) is 5.52 Å². The van der Waals surface area contributed by atoms with Crippen LogP contribution in [0.3, 0.4) is 0 Å². The average Bonchev–Trinajstić information content (AvgIpc) is 3.41. The second kappa shape index (κ2) is 10.1. The highest BCUT2D eigenvalue weighted by Gasteiger charge is 2.49. The number of nitrogen functional groups attached to an aromatic ring is 1. The van der Waals surface area contributed by atoms with Crippen LogP contribution in [0.5, 0.6) is 0 Å². The summed E-state index contributed by atoms with van der Waals surface area (Å²) in [6, 6.07) is 3.33. The maximum Gasteiger partial charge on any atom is 0.348 e. The number of rotatable bonds is 11. The van der Waals surface area contributed by atoms with Crippen molar-refractivity contribution in [3.63, 3.8) is 0 Å². The number of nitrogens with zero attached hydrogens (tertiary/aromatic N) is 4. The predicted octanol–water partition coefficient (Wildman–Crippen LogP) is 1.56. The molecule has 0 aromatic carbocycles. The smallest absolute Gasteiger partial charge is 0.348 e. The van der Waals surface area contributed by atoms with E-state index >= 15 is 0 Å². The highest BCUT2D eigenvalue weighted by molar-refractivity contribution is 7.09. The Bertz CT molecular complexity index is 1180. The molecule has 33 heavy (non-hydrogen) atoms. The van der Waals surface area contributed by atoms with E-state index in [1.54, 1.807) is 22.1 Å². The fourth-order valence-electron chi connectivity index (χ4n) is 3.21. The van der Waals surface area contributed by atoms with Crippen LogP contribution in [0.1, 0.15) is 4.88 Å². The van der Waals surface area contributed by atoms with Crippen LogP contribution in [0, 0.1) is 18.3 Å². The molecule has 0 saturated carbocycles. The summed E-state index contributed by atoms with van der Waals surface area (Å²) in [6.45, 7) is -0.250. The number of anilines is 1. The van der Waals surface area contributed by atoms with Crippen LogP contribution in [0.25, 0.3) is 11.2 Å². The number of terminal acetylenes is 1. The molecule has 0 amide bonds. The molecule has 2 atom stereocenters. The van der Waals surface area contributed by atoms with Crippen LogP contribution in [0.2, 0.25) is 5.28 Å². The van der Waals surface area contributed by atoms with E-state index in [-0.39, 0.29) is 30.7 Å². The van der Waals surface area contributed by atoms with Crippen molar-refractivity contribution in [2.45, 2.75) is 24.7 Å². The van der Waals surface area contributed by atoms with Gasteiger partial charge in [-0.1, -0.05) is 12.0 Å². The quantitative estimate of drug-likeness (QED) is 0.203. The van der Waals surface area contributed by atoms with Gasteiger partial charge in [-0.05, 0) is 23.0 Å². The van der Waals surface area contributed by atoms with Crippen LogP contribution < -0.4 is 5.73 Å². The van der Waals surface area contributed by atoms with Crippen molar-refractivity contribution in [1.82, 2.24) is 19.5 Å². The third-order valence-electron chi connectivity index (χ3n) is 5.01. The first-order valence-corrected chi connectivity index (χ1v) is 10.7. The Morgan fingerprint density at radius 1 is 1.39 bits per heavy atom. The lowest BCUT2D eigenvalue weighted by Gasteiger charge is -2.29. The van der Waals surface area contributed by atoms with E-state index in [2.05, 4.69) is 20.9 Å². The Hall–Kier alpha value is -3.24. The van der Waals surface area contributed by atoms with E-state index in [4.69, 9.17) is 33.2 Å². The first kappa shape index (κ1) is 24.4. The lowest BCUT2D eigenvalue weighted by Crippen LogP contribution is -2.52. The molecule has 0 aliphatic carbocycles. The largest absolute Gasteiger partial charge is 0.479 e. The second-order valence-corrected chi connectivity index (χ2v) is 8.37. The number of aromatic nitrogens is 4. The predicted molar refractivity (Wildman–Crippen MR) is 120 cm³/mol. The number of imidazole rings is 1. The molecule has 2 unspecified atom stereocenters. The van der Waals surface area contributed by atoms with Gasteiger partial charge in [0, 0.05) is 25.0 Å². The number of carboxylic acids is 2. The zero-order chi connectivity index (χ0) is 24.2. The zero-order valence-corrected chi connectivity index (χ0v) is 18.9. The molecule has 174 valence electrons. The summed E-state index contributed by atoms with van der Waals surface area (Å²) in [4.78, 5) is 36.6. The van der Waals surface area contributed by atoms with Crippen LogP contribution in [-0.4, -0.2) is 67.1 Å². The van der Waals surface area contributed by atoms with Gasteiger partial charge < -0.3 is 30.0 Å². The van der Waals surface area contributed by atoms with Crippen LogP contribution in [0.15, 0.2) is 23.8 Å². The molecule has 13 heteroatoms. The van der Waals surface area contributed by atoms with E-state index in [9.17, 15) is 19.8 Å². The third-order valence-corrected chi connectivity index (χ3v) is 6.06. The number of nitrogens with two attached hydrogens (primary N) is 1. The van der Waals surface area contributed by atoms with Gasteiger partial charge in [-0.2, -0.15) is 9.97 Å². The van der Waals surface area contributed by atoms with Crippen molar-refractivity contribution in [2.24, 2.45) is 5.92 Å². The molecule has 0 radical (unpaired) electrons. The number of hydrogen-bond acceptors (Lipinski definition) is 9. The van der Waals surface area contributed by atoms with Crippen molar-refractivity contribution in [3.05, 3.63) is 34.0 Å². The number of aliphatic carboxylic acids is 2. The Morgan fingerprint density at radius 3 is 2.70 bits per heavy atom. The Labute approximate surface area is 197 Å². The molecule has 0 saturated heterocycles. The van der Waals surface area contributed by atoms with Gasteiger partial charge in [0.15, 0.2) is 11.5 Å². The summed E-state index contributed by atoms with van der Waals surface area (Å²) in [5, 5.41) is 21.1. The number of thiophene rings is 1. The van der Waals surface area contributed by atoms with E-state index in [1.807, 2.05) is 0 Å². The molecular weight excluding hydrogens is 474 g/mol. The number of methoxy groups -OCH3 is 1. The molecule has 4 N–H and O–H groups in total. The number of ether oxygens (including phenoxy) is 2. The maximum atomic E-state index is 12.0. The normalized spacial score (nSPS) is 13.5. The number of fused-ring (bicyclic) bond motifs is 1. The van der Waals surface area contributed by atoms with E-state index in [0.717, 1.165) is 0 Å². The van der Waals surface area contributed by atoms with Gasteiger partial charge in [-0.15, -0.1) is 17.8 Å². The molecule has 0 aliphatic heterocycles. The summed E-state index contributed by atoms with van der Waals surface area (Å²) in [5.74, 6) is -1.24. The highest BCUT2D eigenvalue weighted by atomic mass is 35.5. The highest BCUT2D eigenvalue weighted by Crippen LogP contribution is 2.25. The van der Waals surface area contributed by atoms with Crippen molar-refractivity contribution < 1.29 is 29.3 Å². The van der Waals surface area contributed by atoms with Gasteiger partial charge in [-0.25, -0.2) is 14.6 Å². The molecule has 0 aliphatic rings. The fourth-order valence-corrected chi connectivity index (χ4v) is 4.16. The number of halogens is 1. The van der Waals surface area contributed by atoms with Gasteiger partial charge in [-0.3, -0.25) is 0 Å². The summed E-state index contributed by atoms with van der Waals surface area (Å²) in [5.41, 5.74) is 4.01. The summed E-state index contributed by atoms with van der Waals surface area (Å²) in [6.07, 6.45) is 5.96. The lowest BCUT2D eigenvalue weighted by molar-refractivity contribution is -0.188. The summed E-state index contributed by atoms with van der Waals surface area (Å²) < 4.78 is 12.5. The van der Waals surface area contributed by atoms with Crippen LogP contribution in [-0.2, 0) is 32.0 Å². The summed E-state index contributed by atoms with van der Waals surface area (Å²) in [7, 11) is 1.36. The maximum absolute atomic E-state index is 12.0.